The van der Waals surface area contributed by atoms with Crippen LogP contribution in [0.1, 0.15) is 44.5 Å². The average Bonchev–Trinajstić information content (AvgIpc) is 2.99. The number of amides is 1. The molecule has 0 spiro atoms. The summed E-state index contributed by atoms with van der Waals surface area (Å²) in [6.45, 7) is 6.48. The molecular formula is C17H22F3N5O2. The Balaban J connectivity index is 1.96. The summed E-state index contributed by atoms with van der Waals surface area (Å²) in [6.07, 6.45) is -3.99. The second-order valence-electron chi connectivity index (χ2n) is 7.85. The van der Waals surface area contributed by atoms with Crippen molar-refractivity contribution in [3.63, 3.8) is 0 Å². The molecule has 2 atom stereocenters. The van der Waals surface area contributed by atoms with Crippen molar-refractivity contribution in [1.82, 2.24) is 24.5 Å². The summed E-state index contributed by atoms with van der Waals surface area (Å²) in [7, 11) is 0. The third kappa shape index (κ3) is 4.30. The van der Waals surface area contributed by atoms with Crippen molar-refractivity contribution < 1.29 is 22.7 Å². The highest BCUT2D eigenvalue weighted by molar-refractivity contribution is 5.68. The van der Waals surface area contributed by atoms with Gasteiger partial charge in [-0.25, -0.2) is 14.3 Å². The zero-order valence-electron chi connectivity index (χ0n) is 15.6. The van der Waals surface area contributed by atoms with Gasteiger partial charge in [-0.1, -0.05) is 0 Å². The van der Waals surface area contributed by atoms with Crippen molar-refractivity contribution in [3.8, 4) is 0 Å². The highest BCUT2D eigenvalue weighted by Crippen LogP contribution is 2.39. The number of piperidine rings is 1. The predicted molar refractivity (Wildman–Crippen MR) is 90.2 cm³/mol. The Labute approximate surface area is 154 Å². The highest BCUT2D eigenvalue weighted by Gasteiger charge is 2.47. The summed E-state index contributed by atoms with van der Waals surface area (Å²) in [6, 6.07) is 1.69. The van der Waals surface area contributed by atoms with Gasteiger partial charge in [0.15, 0.2) is 0 Å². The first-order chi connectivity index (χ1) is 12.4. The van der Waals surface area contributed by atoms with Gasteiger partial charge < -0.3 is 9.64 Å². The molecule has 0 aliphatic carbocycles. The molecule has 7 nitrogen and oxygen atoms in total. The van der Waals surface area contributed by atoms with E-state index in [0.29, 0.717) is 17.2 Å². The van der Waals surface area contributed by atoms with E-state index in [0.717, 1.165) is 4.90 Å². The van der Waals surface area contributed by atoms with Crippen LogP contribution in [0.25, 0.3) is 5.78 Å². The van der Waals surface area contributed by atoms with E-state index in [-0.39, 0.29) is 13.0 Å². The largest absolute Gasteiger partial charge is 0.444 e. The minimum Gasteiger partial charge on any atom is -0.444 e. The molecule has 10 heteroatoms. The molecule has 1 aliphatic rings. The third-order valence-electron chi connectivity index (χ3n) is 4.39. The Bertz CT molecular complexity index is 843. The van der Waals surface area contributed by atoms with Crippen LogP contribution in [-0.4, -0.2) is 55.4 Å². The number of alkyl halides is 3. The van der Waals surface area contributed by atoms with Crippen LogP contribution in [0.15, 0.2) is 12.4 Å². The van der Waals surface area contributed by atoms with Gasteiger partial charge in [0.05, 0.1) is 11.6 Å². The Hall–Kier alpha value is -2.39. The number of halogens is 3. The van der Waals surface area contributed by atoms with Crippen LogP contribution in [0.3, 0.4) is 0 Å². The third-order valence-corrected chi connectivity index (χ3v) is 4.39. The molecule has 148 valence electrons. The number of hydrogen-bond donors (Lipinski definition) is 0. The summed E-state index contributed by atoms with van der Waals surface area (Å²) < 4.78 is 47.3. The molecule has 1 saturated heterocycles. The highest BCUT2D eigenvalue weighted by atomic mass is 19.4. The Morgan fingerprint density at radius 1 is 1.26 bits per heavy atom. The number of fused-ring (bicyclic) bond motifs is 1. The molecule has 1 amide bonds. The lowest BCUT2D eigenvalue weighted by atomic mass is 9.86. The molecule has 0 aromatic carbocycles. The summed E-state index contributed by atoms with van der Waals surface area (Å²) in [5.41, 5.74) is 0.394. The molecule has 2 aromatic heterocycles. The fourth-order valence-corrected chi connectivity index (χ4v) is 3.28. The number of ether oxygens (including phenoxy) is 1. The van der Waals surface area contributed by atoms with Crippen molar-refractivity contribution in [3.05, 3.63) is 23.8 Å². The quantitative estimate of drug-likeness (QED) is 0.753. The van der Waals surface area contributed by atoms with Gasteiger partial charge in [0.1, 0.15) is 11.9 Å². The van der Waals surface area contributed by atoms with E-state index in [2.05, 4.69) is 15.1 Å². The number of carbonyl (C=O) groups is 1. The van der Waals surface area contributed by atoms with Crippen molar-refractivity contribution >= 4 is 11.9 Å². The molecule has 0 radical (unpaired) electrons. The summed E-state index contributed by atoms with van der Waals surface area (Å²) in [5.74, 6) is -1.89. The number of hydrogen-bond acceptors (Lipinski definition) is 5. The average molecular weight is 385 g/mol. The maximum Gasteiger partial charge on any atom is 0.410 e. The van der Waals surface area contributed by atoms with Gasteiger partial charge in [-0.3, -0.25) is 0 Å². The van der Waals surface area contributed by atoms with Gasteiger partial charge >= 0.3 is 12.3 Å². The number of aryl methyl sites for hydroxylation is 1. The van der Waals surface area contributed by atoms with Crippen LogP contribution < -0.4 is 0 Å². The maximum absolute atomic E-state index is 13.5. The predicted octanol–water partition coefficient (Wildman–Crippen LogP) is 3.34. The lowest BCUT2D eigenvalue weighted by Gasteiger charge is -2.39. The van der Waals surface area contributed by atoms with E-state index in [4.69, 9.17) is 4.74 Å². The monoisotopic (exact) mass is 385 g/mol. The normalized spacial score (nSPS) is 21.5. The van der Waals surface area contributed by atoms with Gasteiger partial charge in [-0.05, 0) is 40.2 Å². The Morgan fingerprint density at radius 3 is 2.59 bits per heavy atom. The number of rotatable bonds is 1. The molecule has 1 aliphatic heterocycles. The van der Waals surface area contributed by atoms with Crippen LogP contribution in [-0.2, 0) is 4.74 Å². The molecular weight excluding hydrogens is 363 g/mol. The van der Waals surface area contributed by atoms with E-state index >= 15 is 0 Å². The Kier molecular flexibility index (Phi) is 4.77. The standard InChI is InChI=1S/C17H22F3N5O2/c1-10-5-13(25-14(23-10)21-9-22-25)11-6-12(17(18,19)20)8-24(7-11)15(26)27-16(2,3)4/h5,9,11-12H,6-8H2,1-4H3/t11-,12?/m0/s1. The fourth-order valence-electron chi connectivity index (χ4n) is 3.28. The van der Waals surface area contributed by atoms with E-state index in [1.54, 1.807) is 33.8 Å². The molecule has 1 unspecified atom stereocenters. The maximum atomic E-state index is 13.5. The molecule has 3 heterocycles. The van der Waals surface area contributed by atoms with Gasteiger partial charge in [0, 0.05) is 24.7 Å². The summed E-state index contributed by atoms with van der Waals surface area (Å²) in [4.78, 5) is 21.8. The SMILES string of the molecule is Cc1cc([C@H]2CC(C(F)(F)F)CN(C(=O)OC(C)(C)C)C2)n2ncnc2n1. The lowest BCUT2D eigenvalue weighted by molar-refractivity contribution is -0.187. The minimum absolute atomic E-state index is 0.111. The zero-order chi connectivity index (χ0) is 20.0. The molecule has 0 N–H and O–H groups in total. The first-order valence-electron chi connectivity index (χ1n) is 8.66. The molecule has 0 bridgehead atoms. The van der Waals surface area contributed by atoms with E-state index in [1.165, 1.54) is 10.8 Å². The number of likely N-dealkylation sites (tertiary alicyclic amines) is 1. The second-order valence-corrected chi connectivity index (χ2v) is 7.85. The fraction of sp³-hybridized carbons (Fsp3) is 0.647. The number of aromatic nitrogens is 4. The minimum atomic E-state index is -4.41. The van der Waals surface area contributed by atoms with Gasteiger partial charge in [0.2, 0.25) is 0 Å². The number of carbonyl (C=O) groups excluding carboxylic acids is 1. The molecule has 0 saturated carbocycles. The smallest absolute Gasteiger partial charge is 0.410 e. The Morgan fingerprint density at radius 2 is 1.96 bits per heavy atom. The van der Waals surface area contributed by atoms with Crippen LogP contribution in [0, 0.1) is 12.8 Å². The molecule has 3 rings (SSSR count). The number of nitrogens with zero attached hydrogens (tertiary/aromatic N) is 5. The van der Waals surface area contributed by atoms with E-state index in [9.17, 15) is 18.0 Å². The van der Waals surface area contributed by atoms with Crippen LogP contribution in [0.5, 0.6) is 0 Å². The van der Waals surface area contributed by atoms with E-state index in [1.807, 2.05) is 0 Å². The zero-order valence-corrected chi connectivity index (χ0v) is 15.6. The van der Waals surface area contributed by atoms with Crippen molar-refractivity contribution in [2.75, 3.05) is 13.1 Å². The van der Waals surface area contributed by atoms with Gasteiger partial charge in [-0.2, -0.15) is 23.3 Å². The van der Waals surface area contributed by atoms with Gasteiger partial charge in [-0.15, -0.1) is 0 Å². The summed E-state index contributed by atoms with van der Waals surface area (Å²) in [5, 5.41) is 4.08. The molecule has 1 fully saturated rings. The second kappa shape index (κ2) is 6.65. The topological polar surface area (TPSA) is 72.6 Å². The van der Waals surface area contributed by atoms with Crippen molar-refractivity contribution in [2.45, 2.75) is 51.8 Å². The van der Waals surface area contributed by atoms with Crippen LogP contribution >= 0.6 is 0 Å². The summed E-state index contributed by atoms with van der Waals surface area (Å²) >= 11 is 0. The molecule has 2 aromatic rings. The van der Waals surface area contributed by atoms with Crippen LogP contribution in [0.2, 0.25) is 0 Å². The van der Waals surface area contributed by atoms with E-state index < -0.39 is 36.3 Å². The first-order valence-corrected chi connectivity index (χ1v) is 8.66. The van der Waals surface area contributed by atoms with Crippen molar-refractivity contribution in [1.29, 1.82) is 0 Å². The lowest BCUT2D eigenvalue weighted by Crippen LogP contribution is -2.49. The molecule has 27 heavy (non-hydrogen) atoms. The van der Waals surface area contributed by atoms with Crippen LogP contribution in [0.4, 0.5) is 18.0 Å². The van der Waals surface area contributed by atoms with Crippen molar-refractivity contribution in [2.24, 2.45) is 5.92 Å². The first kappa shape index (κ1) is 19.4. The van der Waals surface area contributed by atoms with Gasteiger partial charge in [0.25, 0.3) is 5.78 Å².